The third-order valence-electron chi connectivity index (χ3n) is 1.92. The number of carbonyl (C=O) groups excluding carboxylic acids is 1. The molecule has 2 heteroatoms. The van der Waals surface area contributed by atoms with E-state index in [0.717, 1.165) is 0 Å². The minimum Gasteiger partial charge on any atom is -0.353 e. The van der Waals surface area contributed by atoms with Crippen LogP contribution in [0.4, 0.5) is 0 Å². The van der Waals surface area contributed by atoms with Crippen LogP contribution in [0.2, 0.25) is 0 Å². The van der Waals surface area contributed by atoms with Gasteiger partial charge in [0, 0.05) is 12.5 Å². The first-order chi connectivity index (χ1) is 4.88. The maximum absolute atomic E-state index is 10.9. The van der Waals surface area contributed by atoms with Gasteiger partial charge in [-0.05, 0) is 12.3 Å². The summed E-state index contributed by atoms with van der Waals surface area (Å²) >= 11 is 0. The van der Waals surface area contributed by atoms with Crippen LogP contribution >= 0.6 is 0 Å². The molecule has 0 aliphatic rings. The molecule has 0 aliphatic heterocycles. The van der Waals surface area contributed by atoms with E-state index in [-0.39, 0.29) is 17.4 Å². The van der Waals surface area contributed by atoms with E-state index in [4.69, 9.17) is 0 Å². The van der Waals surface area contributed by atoms with Crippen molar-refractivity contribution in [1.29, 1.82) is 0 Å². The van der Waals surface area contributed by atoms with Gasteiger partial charge in [-0.1, -0.05) is 27.7 Å². The van der Waals surface area contributed by atoms with Gasteiger partial charge in [0.25, 0.3) is 0 Å². The summed E-state index contributed by atoms with van der Waals surface area (Å²) in [6.45, 7) is 10.1. The molecule has 11 heavy (non-hydrogen) atoms. The van der Waals surface area contributed by atoms with E-state index < -0.39 is 0 Å². The summed E-state index contributed by atoms with van der Waals surface area (Å²) in [4.78, 5) is 10.9. The predicted molar refractivity (Wildman–Crippen MR) is 47.0 cm³/mol. The van der Waals surface area contributed by atoms with E-state index in [0.29, 0.717) is 0 Å². The van der Waals surface area contributed by atoms with Gasteiger partial charge in [-0.25, -0.2) is 0 Å². The van der Waals surface area contributed by atoms with E-state index in [1.807, 2.05) is 6.92 Å². The number of nitrogens with one attached hydrogen (secondary N) is 1. The largest absolute Gasteiger partial charge is 0.353 e. The SMILES string of the molecule is C[CH]C(=O)NC(C)C(C)(C)C. The molecule has 0 saturated heterocycles. The van der Waals surface area contributed by atoms with Gasteiger partial charge in [0.15, 0.2) is 0 Å². The van der Waals surface area contributed by atoms with Crippen LogP contribution in [-0.4, -0.2) is 11.9 Å². The zero-order chi connectivity index (χ0) is 9.07. The molecule has 2 nitrogen and oxygen atoms in total. The fraction of sp³-hybridized carbons (Fsp3) is 0.778. The van der Waals surface area contributed by atoms with Crippen molar-refractivity contribution in [3.63, 3.8) is 0 Å². The molecule has 0 aromatic carbocycles. The third kappa shape index (κ3) is 4.02. The third-order valence-corrected chi connectivity index (χ3v) is 1.92. The highest BCUT2D eigenvalue weighted by Gasteiger charge is 2.20. The van der Waals surface area contributed by atoms with Gasteiger partial charge in [-0.2, -0.15) is 0 Å². The van der Waals surface area contributed by atoms with Crippen LogP contribution in [-0.2, 0) is 4.79 Å². The Morgan fingerprint density at radius 2 is 1.91 bits per heavy atom. The van der Waals surface area contributed by atoms with Gasteiger partial charge >= 0.3 is 0 Å². The fourth-order valence-electron chi connectivity index (χ4n) is 0.513. The summed E-state index contributed by atoms with van der Waals surface area (Å²) in [5, 5.41) is 2.88. The van der Waals surface area contributed by atoms with Crippen molar-refractivity contribution in [3.05, 3.63) is 6.42 Å². The zero-order valence-electron chi connectivity index (χ0n) is 8.06. The Balaban J connectivity index is 3.87. The zero-order valence-corrected chi connectivity index (χ0v) is 8.06. The molecule has 0 heterocycles. The molecule has 0 saturated carbocycles. The molecule has 1 radical (unpaired) electrons. The van der Waals surface area contributed by atoms with Crippen LogP contribution in [0.5, 0.6) is 0 Å². The molecule has 0 fully saturated rings. The predicted octanol–water partition coefficient (Wildman–Crippen LogP) is 1.76. The summed E-state index contributed by atoms with van der Waals surface area (Å²) in [6, 6.07) is 0.214. The molecular weight excluding hydrogens is 138 g/mol. The van der Waals surface area contributed by atoms with Crippen LogP contribution in [0.15, 0.2) is 0 Å². The van der Waals surface area contributed by atoms with Gasteiger partial charge in [-0.3, -0.25) is 4.79 Å². The first kappa shape index (κ1) is 10.5. The molecule has 65 valence electrons. The monoisotopic (exact) mass is 156 g/mol. The van der Waals surface area contributed by atoms with Gasteiger partial charge < -0.3 is 5.32 Å². The van der Waals surface area contributed by atoms with Crippen molar-refractivity contribution in [1.82, 2.24) is 5.32 Å². The van der Waals surface area contributed by atoms with Gasteiger partial charge in [0.2, 0.25) is 5.91 Å². The minimum atomic E-state index is 0.00687. The Bertz CT molecular complexity index is 135. The molecule has 0 aromatic rings. The molecule has 0 aliphatic carbocycles. The lowest BCUT2D eigenvalue weighted by molar-refractivity contribution is -0.119. The summed E-state index contributed by atoms with van der Waals surface area (Å²) < 4.78 is 0. The number of amides is 1. The maximum atomic E-state index is 10.9. The lowest BCUT2D eigenvalue weighted by Crippen LogP contribution is -2.41. The van der Waals surface area contributed by atoms with E-state index in [2.05, 4.69) is 26.1 Å². The summed E-state index contributed by atoms with van der Waals surface area (Å²) in [6.07, 6.45) is 1.54. The average molecular weight is 156 g/mol. The highest BCUT2D eigenvalue weighted by Crippen LogP contribution is 2.18. The normalized spacial score (nSPS) is 14.3. The van der Waals surface area contributed by atoms with Gasteiger partial charge in [0.05, 0.1) is 0 Å². The maximum Gasteiger partial charge on any atom is 0.223 e. The number of hydrogen-bond acceptors (Lipinski definition) is 1. The summed E-state index contributed by atoms with van der Waals surface area (Å²) in [5.74, 6) is 0.00687. The molecular formula is C9H18NO. The molecule has 1 unspecified atom stereocenters. The van der Waals surface area contributed by atoms with Crippen molar-refractivity contribution < 1.29 is 4.79 Å². The molecule has 0 bridgehead atoms. The summed E-state index contributed by atoms with van der Waals surface area (Å²) in [7, 11) is 0. The number of hydrogen-bond donors (Lipinski definition) is 1. The molecule has 0 rings (SSSR count). The van der Waals surface area contributed by atoms with Crippen molar-refractivity contribution in [2.75, 3.05) is 0 Å². The lowest BCUT2D eigenvalue weighted by Gasteiger charge is -2.27. The number of rotatable bonds is 2. The first-order valence-corrected chi connectivity index (χ1v) is 3.97. The van der Waals surface area contributed by atoms with E-state index in [1.54, 1.807) is 13.3 Å². The Kier molecular flexibility index (Phi) is 3.56. The summed E-state index contributed by atoms with van der Waals surface area (Å²) in [5.41, 5.74) is 0.138. The van der Waals surface area contributed by atoms with Crippen molar-refractivity contribution in [2.45, 2.75) is 40.7 Å². The van der Waals surface area contributed by atoms with E-state index >= 15 is 0 Å². The van der Waals surface area contributed by atoms with Crippen molar-refractivity contribution >= 4 is 5.91 Å². The minimum absolute atomic E-state index is 0.00687. The molecule has 0 aromatic heterocycles. The van der Waals surface area contributed by atoms with Crippen LogP contribution in [0.1, 0.15) is 34.6 Å². The standard InChI is InChI=1S/C9H18NO/c1-6-8(11)10-7(2)9(3,4)5/h6-7H,1-5H3,(H,10,11). The topological polar surface area (TPSA) is 29.1 Å². The van der Waals surface area contributed by atoms with Crippen molar-refractivity contribution in [2.24, 2.45) is 5.41 Å². The Morgan fingerprint density at radius 1 is 1.45 bits per heavy atom. The van der Waals surface area contributed by atoms with Gasteiger partial charge in [-0.15, -0.1) is 0 Å². The smallest absolute Gasteiger partial charge is 0.223 e. The van der Waals surface area contributed by atoms with Crippen molar-refractivity contribution in [3.8, 4) is 0 Å². The second-order valence-corrected chi connectivity index (χ2v) is 3.88. The second kappa shape index (κ2) is 3.74. The Hall–Kier alpha value is -0.530. The Morgan fingerprint density at radius 3 is 2.18 bits per heavy atom. The second-order valence-electron chi connectivity index (χ2n) is 3.88. The van der Waals surface area contributed by atoms with Crippen LogP contribution in [0, 0.1) is 11.8 Å². The molecule has 1 N–H and O–H groups in total. The van der Waals surface area contributed by atoms with E-state index in [1.165, 1.54) is 0 Å². The average Bonchev–Trinajstić information content (AvgIpc) is 1.85. The van der Waals surface area contributed by atoms with Gasteiger partial charge in [0.1, 0.15) is 0 Å². The fourth-order valence-corrected chi connectivity index (χ4v) is 0.513. The van der Waals surface area contributed by atoms with Crippen LogP contribution in [0.3, 0.4) is 0 Å². The molecule has 0 spiro atoms. The molecule has 1 atom stereocenters. The Labute approximate surface area is 69.4 Å². The lowest BCUT2D eigenvalue weighted by atomic mass is 9.88. The van der Waals surface area contributed by atoms with Crippen LogP contribution < -0.4 is 5.32 Å². The van der Waals surface area contributed by atoms with Crippen LogP contribution in [0.25, 0.3) is 0 Å². The molecule has 1 amide bonds. The highest BCUT2D eigenvalue weighted by molar-refractivity contribution is 5.84. The first-order valence-electron chi connectivity index (χ1n) is 3.97. The van der Waals surface area contributed by atoms with E-state index in [9.17, 15) is 4.79 Å². The number of carbonyl (C=O) groups is 1. The highest BCUT2D eigenvalue weighted by atomic mass is 16.1. The quantitative estimate of drug-likeness (QED) is 0.648.